The average molecular weight is 228 g/mol. The van der Waals surface area contributed by atoms with E-state index in [1.807, 2.05) is 0 Å². The van der Waals surface area contributed by atoms with E-state index in [1.165, 1.54) is 30.4 Å². The lowest BCUT2D eigenvalue weighted by Gasteiger charge is -2.37. The van der Waals surface area contributed by atoms with Crippen molar-refractivity contribution in [2.45, 2.75) is 46.1 Å². The molecule has 0 unspecified atom stereocenters. The molecule has 0 aromatic heterocycles. The van der Waals surface area contributed by atoms with Crippen molar-refractivity contribution in [1.82, 2.24) is 0 Å². The number of quaternary nitrogens is 1. The molecule has 1 aliphatic rings. The molecule has 0 aromatic carbocycles. The number of hydrogen-bond donors (Lipinski definition) is 0. The highest BCUT2D eigenvalue weighted by Gasteiger charge is 2.34. The number of rotatable bonds is 5. The van der Waals surface area contributed by atoms with Crippen LogP contribution in [0.25, 0.3) is 5.41 Å². The van der Waals surface area contributed by atoms with Crippen LogP contribution >= 0.6 is 0 Å². The highest BCUT2D eigenvalue weighted by Crippen LogP contribution is 2.23. The van der Waals surface area contributed by atoms with E-state index in [2.05, 4.69) is 20.8 Å². The quantitative estimate of drug-likeness (QED) is 0.314. The van der Waals surface area contributed by atoms with Crippen LogP contribution in [0.2, 0.25) is 0 Å². The molecular formula is C12H24N2O2. The summed E-state index contributed by atoms with van der Waals surface area (Å²) < 4.78 is 6.90. The van der Waals surface area contributed by atoms with E-state index in [4.69, 9.17) is 14.9 Å². The molecule has 0 bridgehead atoms. The minimum absolute atomic E-state index is 0.500. The summed E-state index contributed by atoms with van der Waals surface area (Å²) >= 11 is 0. The molecule has 1 fully saturated rings. The molecule has 0 aliphatic carbocycles. The van der Waals surface area contributed by atoms with Crippen molar-refractivity contribution >= 4 is 6.08 Å². The fraction of sp³-hybridized carbons (Fsp3) is 0.917. The van der Waals surface area contributed by atoms with Gasteiger partial charge in [0.05, 0.1) is 25.7 Å². The Bertz CT molecular complexity index is 205. The maximum Gasteiger partial charge on any atom is 0.183 e. The molecule has 1 rings (SSSR count). The Labute approximate surface area is 98.7 Å². The Balaban J connectivity index is 0.000000673. The van der Waals surface area contributed by atoms with Gasteiger partial charge < -0.3 is 10.1 Å². The van der Waals surface area contributed by atoms with Crippen molar-refractivity contribution < 1.29 is 14.0 Å². The molecule has 94 valence electrons. The fourth-order valence-electron chi connectivity index (χ4n) is 2.15. The van der Waals surface area contributed by atoms with Gasteiger partial charge in [0.15, 0.2) is 6.73 Å². The van der Waals surface area contributed by atoms with Crippen molar-refractivity contribution in [2.75, 3.05) is 26.4 Å². The largest absolute Gasteiger partial charge is 0.724 e. The smallest absolute Gasteiger partial charge is 0.183 e. The molecule has 0 atom stereocenters. The first-order valence-electron chi connectivity index (χ1n) is 6.07. The summed E-state index contributed by atoms with van der Waals surface area (Å²) in [5, 5.41) is 6.76. The molecule has 4 nitrogen and oxygen atoms in total. The Kier molecular flexibility index (Phi) is 8.08. The van der Waals surface area contributed by atoms with Gasteiger partial charge in [0, 0.05) is 12.8 Å². The maximum atomic E-state index is 8.24. The zero-order valence-electron chi connectivity index (χ0n) is 10.7. The van der Waals surface area contributed by atoms with Gasteiger partial charge in [0.25, 0.3) is 0 Å². The molecule has 1 aliphatic heterocycles. The molecule has 0 spiro atoms. The van der Waals surface area contributed by atoms with Crippen molar-refractivity contribution in [3.63, 3.8) is 0 Å². The van der Waals surface area contributed by atoms with Crippen LogP contribution in [-0.4, -0.2) is 43.0 Å². The van der Waals surface area contributed by atoms with Crippen LogP contribution in [-0.2, 0) is 9.53 Å². The van der Waals surface area contributed by atoms with E-state index < -0.39 is 0 Å². The third-order valence-electron chi connectivity index (χ3n) is 3.25. The number of carbonyl (C=O) groups excluding carboxylic acids is 1. The highest BCUT2D eigenvalue weighted by molar-refractivity contribution is 5.36. The number of hydrogen-bond acceptors (Lipinski definition) is 2. The first-order valence-corrected chi connectivity index (χ1v) is 6.07. The zero-order chi connectivity index (χ0) is 12.4. The fourth-order valence-corrected chi connectivity index (χ4v) is 2.15. The SMILES string of the molecule is CCCOC[N+]1(C(C)C)CCCC1.[N-]=C=O. The lowest BCUT2D eigenvalue weighted by atomic mass is 10.3. The summed E-state index contributed by atoms with van der Waals surface area (Å²) in [4.78, 5) is 8.24. The first kappa shape index (κ1) is 15.3. The molecule has 0 aromatic rings. The second kappa shape index (κ2) is 8.45. The molecule has 0 N–H and O–H groups in total. The van der Waals surface area contributed by atoms with Crippen LogP contribution in [0, 0.1) is 0 Å². The Morgan fingerprint density at radius 3 is 2.25 bits per heavy atom. The van der Waals surface area contributed by atoms with Crippen LogP contribution in [0.4, 0.5) is 0 Å². The summed E-state index contributed by atoms with van der Waals surface area (Å²) in [6, 6.07) is 0.722. The Morgan fingerprint density at radius 1 is 1.38 bits per heavy atom. The average Bonchev–Trinajstić information content (AvgIpc) is 2.69. The summed E-state index contributed by atoms with van der Waals surface area (Å²) in [5.74, 6) is 0. The van der Waals surface area contributed by atoms with Gasteiger partial charge in [-0.1, -0.05) is 6.92 Å². The standard InChI is InChI=1S/C11H24NO.CNO/c1-4-9-13-10-12(11(2)3)7-5-6-8-12;2-1-3/h11H,4-10H2,1-3H3;/q+1;-1. The molecule has 16 heavy (non-hydrogen) atoms. The van der Waals surface area contributed by atoms with Crippen LogP contribution in [0.5, 0.6) is 0 Å². The van der Waals surface area contributed by atoms with E-state index in [0.717, 1.165) is 25.8 Å². The normalized spacial score (nSPS) is 17.8. The maximum absolute atomic E-state index is 8.24. The van der Waals surface area contributed by atoms with Crippen LogP contribution in [0.1, 0.15) is 40.0 Å². The van der Waals surface area contributed by atoms with E-state index in [0.29, 0.717) is 6.08 Å². The van der Waals surface area contributed by atoms with Gasteiger partial charge in [-0.3, -0.25) is 9.28 Å². The Morgan fingerprint density at radius 2 is 1.88 bits per heavy atom. The third-order valence-corrected chi connectivity index (χ3v) is 3.25. The van der Waals surface area contributed by atoms with Crippen molar-refractivity contribution in [3.05, 3.63) is 5.41 Å². The molecule has 4 heteroatoms. The minimum atomic E-state index is 0.500. The van der Waals surface area contributed by atoms with Gasteiger partial charge in [-0.25, -0.2) is 0 Å². The van der Waals surface area contributed by atoms with Crippen LogP contribution in [0.15, 0.2) is 0 Å². The van der Waals surface area contributed by atoms with Gasteiger partial charge in [0.2, 0.25) is 0 Å². The first-order chi connectivity index (χ1) is 7.63. The number of isocyanates is 1. The van der Waals surface area contributed by atoms with Crippen LogP contribution < -0.4 is 0 Å². The van der Waals surface area contributed by atoms with Gasteiger partial charge >= 0.3 is 0 Å². The summed E-state index contributed by atoms with van der Waals surface area (Å²) in [5.41, 5.74) is 0. The number of nitrogens with zero attached hydrogens (tertiary/aromatic N) is 2. The van der Waals surface area contributed by atoms with Crippen molar-refractivity contribution in [2.24, 2.45) is 0 Å². The lowest BCUT2D eigenvalue weighted by Crippen LogP contribution is -2.52. The summed E-state index contributed by atoms with van der Waals surface area (Å²) in [7, 11) is 0. The molecule has 0 radical (unpaired) electrons. The second-order valence-corrected chi connectivity index (χ2v) is 4.60. The topological polar surface area (TPSA) is 48.6 Å². The second-order valence-electron chi connectivity index (χ2n) is 4.60. The van der Waals surface area contributed by atoms with E-state index in [9.17, 15) is 0 Å². The number of ether oxygens (including phenoxy) is 1. The highest BCUT2D eigenvalue weighted by atomic mass is 16.5. The van der Waals surface area contributed by atoms with E-state index in [-0.39, 0.29) is 0 Å². The van der Waals surface area contributed by atoms with E-state index >= 15 is 0 Å². The van der Waals surface area contributed by atoms with Gasteiger partial charge in [-0.05, 0) is 26.3 Å². The molecule has 0 amide bonds. The van der Waals surface area contributed by atoms with Gasteiger partial charge in [-0.2, -0.15) is 0 Å². The monoisotopic (exact) mass is 228 g/mol. The lowest BCUT2D eigenvalue weighted by molar-refractivity contribution is -0.954. The van der Waals surface area contributed by atoms with Gasteiger partial charge in [-0.15, -0.1) is 0 Å². The van der Waals surface area contributed by atoms with E-state index in [1.54, 1.807) is 0 Å². The van der Waals surface area contributed by atoms with Gasteiger partial charge in [0.1, 0.15) is 0 Å². The summed E-state index contributed by atoms with van der Waals surface area (Å²) in [6.07, 6.45) is 4.40. The molecular weight excluding hydrogens is 204 g/mol. The Hall–Kier alpha value is -0.700. The predicted molar refractivity (Wildman–Crippen MR) is 64.5 cm³/mol. The molecule has 1 heterocycles. The predicted octanol–water partition coefficient (Wildman–Crippen LogP) is 2.28. The van der Waals surface area contributed by atoms with Crippen LogP contribution in [0.3, 0.4) is 0 Å². The third kappa shape index (κ3) is 4.88. The van der Waals surface area contributed by atoms with Crippen molar-refractivity contribution in [3.8, 4) is 0 Å². The molecule has 1 saturated heterocycles. The zero-order valence-corrected chi connectivity index (χ0v) is 10.7. The molecule has 0 saturated carbocycles. The minimum Gasteiger partial charge on any atom is -0.724 e. The number of likely N-dealkylation sites (tertiary alicyclic amines) is 1. The summed E-state index contributed by atoms with van der Waals surface area (Å²) in [6.45, 7) is 11.3. The van der Waals surface area contributed by atoms with Crippen molar-refractivity contribution in [1.29, 1.82) is 0 Å².